The highest BCUT2D eigenvalue weighted by Gasteiger charge is 2.27. The van der Waals surface area contributed by atoms with Crippen LogP contribution in [0.5, 0.6) is 0 Å². The smallest absolute Gasteiger partial charge is 0.261 e. The average molecular weight is 333 g/mol. The second kappa shape index (κ2) is 6.84. The Labute approximate surface area is 140 Å². The number of nitrogens with zero attached hydrogens (tertiary/aromatic N) is 2. The number of hydrogen-bond acceptors (Lipinski definition) is 4. The van der Waals surface area contributed by atoms with Crippen molar-refractivity contribution in [3.63, 3.8) is 0 Å². The van der Waals surface area contributed by atoms with E-state index in [-0.39, 0.29) is 18.1 Å². The molecule has 1 amide bonds. The lowest BCUT2D eigenvalue weighted by atomic mass is 10.0. The third kappa shape index (κ3) is 3.48. The maximum atomic E-state index is 12.5. The Balaban J connectivity index is 1.65. The number of amides is 1. The minimum absolute atomic E-state index is 0.00201. The van der Waals surface area contributed by atoms with Crippen LogP contribution in [0.15, 0.2) is 18.6 Å². The van der Waals surface area contributed by atoms with Gasteiger partial charge < -0.3 is 14.6 Å². The van der Waals surface area contributed by atoms with Crippen molar-refractivity contribution >= 4 is 17.2 Å². The first kappa shape index (κ1) is 16.2. The van der Waals surface area contributed by atoms with E-state index in [0.29, 0.717) is 6.61 Å². The normalized spacial score (nSPS) is 21.3. The van der Waals surface area contributed by atoms with Gasteiger partial charge in [-0.15, -0.1) is 11.3 Å². The number of carbonyl (C=O) groups is 1. The molecule has 1 aliphatic heterocycles. The molecule has 0 aromatic carbocycles. The van der Waals surface area contributed by atoms with Crippen LogP contribution in [-0.2, 0) is 18.2 Å². The lowest BCUT2D eigenvalue weighted by Gasteiger charge is -2.30. The molecule has 2 aromatic rings. The Bertz CT molecular complexity index is 692. The summed E-state index contributed by atoms with van der Waals surface area (Å²) in [6.07, 6.45) is 6.23. The van der Waals surface area contributed by atoms with E-state index in [4.69, 9.17) is 4.74 Å². The van der Waals surface area contributed by atoms with Gasteiger partial charge in [-0.25, -0.2) is 4.98 Å². The maximum Gasteiger partial charge on any atom is 0.261 e. The van der Waals surface area contributed by atoms with E-state index in [2.05, 4.69) is 24.1 Å². The maximum absolute atomic E-state index is 12.5. The molecule has 0 unspecified atom stereocenters. The van der Waals surface area contributed by atoms with Gasteiger partial charge in [0.15, 0.2) is 0 Å². The summed E-state index contributed by atoms with van der Waals surface area (Å²) in [6, 6.07) is 2.14. The molecule has 3 rings (SSSR count). The molecule has 2 atom stereocenters. The number of ether oxygens (including phenoxy) is 1. The summed E-state index contributed by atoms with van der Waals surface area (Å²) < 4.78 is 7.83. The summed E-state index contributed by atoms with van der Waals surface area (Å²) in [5, 5.41) is 3.17. The first-order valence-electron chi connectivity index (χ1n) is 8.06. The van der Waals surface area contributed by atoms with Crippen molar-refractivity contribution in [2.24, 2.45) is 7.05 Å². The molecule has 1 saturated heterocycles. The van der Waals surface area contributed by atoms with Gasteiger partial charge in [0.25, 0.3) is 5.91 Å². The first-order valence-corrected chi connectivity index (χ1v) is 8.88. The molecule has 1 aliphatic rings. The van der Waals surface area contributed by atoms with E-state index in [9.17, 15) is 4.79 Å². The predicted octanol–water partition coefficient (Wildman–Crippen LogP) is 3.00. The van der Waals surface area contributed by atoms with Crippen LogP contribution in [-0.4, -0.2) is 28.1 Å². The van der Waals surface area contributed by atoms with Gasteiger partial charge >= 0.3 is 0 Å². The molecule has 124 valence electrons. The van der Waals surface area contributed by atoms with Gasteiger partial charge in [0.2, 0.25) is 0 Å². The molecule has 2 aromatic heterocycles. The third-order valence-corrected chi connectivity index (χ3v) is 5.75. The number of aromatic nitrogens is 2. The monoisotopic (exact) mass is 333 g/mol. The summed E-state index contributed by atoms with van der Waals surface area (Å²) in [6.45, 7) is 4.85. The van der Waals surface area contributed by atoms with Gasteiger partial charge in [0, 0.05) is 24.6 Å². The molecule has 0 radical (unpaired) electrons. The second-order valence-electron chi connectivity index (χ2n) is 6.05. The van der Waals surface area contributed by atoms with Gasteiger partial charge in [-0.1, -0.05) is 6.92 Å². The van der Waals surface area contributed by atoms with Crippen molar-refractivity contribution < 1.29 is 9.53 Å². The molecule has 0 saturated carbocycles. The summed E-state index contributed by atoms with van der Waals surface area (Å²) in [5.74, 6) is 0.0356. The highest BCUT2D eigenvalue weighted by molar-refractivity contribution is 7.14. The van der Waals surface area contributed by atoms with E-state index in [1.54, 1.807) is 17.7 Å². The Hall–Kier alpha value is -1.66. The molecule has 0 aliphatic carbocycles. The van der Waals surface area contributed by atoms with Crippen molar-refractivity contribution in [3.05, 3.63) is 39.6 Å². The van der Waals surface area contributed by atoms with Crippen molar-refractivity contribution in [3.8, 4) is 0 Å². The van der Waals surface area contributed by atoms with Gasteiger partial charge in [-0.2, -0.15) is 0 Å². The number of nitrogens with one attached hydrogen (secondary N) is 1. The first-order chi connectivity index (χ1) is 11.1. The summed E-state index contributed by atoms with van der Waals surface area (Å²) in [5.41, 5.74) is 2.27. The van der Waals surface area contributed by atoms with Gasteiger partial charge in [-0.05, 0) is 37.8 Å². The fraction of sp³-hybridized carbons (Fsp3) is 0.529. The number of hydrogen-bond donors (Lipinski definition) is 1. The van der Waals surface area contributed by atoms with E-state index in [0.717, 1.165) is 29.8 Å². The highest BCUT2D eigenvalue weighted by Crippen LogP contribution is 2.28. The summed E-state index contributed by atoms with van der Waals surface area (Å²) >= 11 is 1.60. The van der Waals surface area contributed by atoms with Crippen LogP contribution >= 0.6 is 11.3 Å². The van der Waals surface area contributed by atoms with Crippen LogP contribution in [0.4, 0.5) is 0 Å². The van der Waals surface area contributed by atoms with Crippen LogP contribution in [0.25, 0.3) is 0 Å². The van der Waals surface area contributed by atoms with Gasteiger partial charge in [0.1, 0.15) is 6.10 Å². The van der Waals surface area contributed by atoms with Crippen LogP contribution in [0.1, 0.15) is 51.7 Å². The SMILES string of the molecule is CCc1sc(C(=O)N[C@H]2CCO[C@H](c3cncn3C)C2)cc1C. The van der Waals surface area contributed by atoms with Crippen LogP contribution in [0, 0.1) is 6.92 Å². The number of aryl methyl sites for hydroxylation is 3. The minimum Gasteiger partial charge on any atom is -0.372 e. The topological polar surface area (TPSA) is 56.1 Å². The molecular weight excluding hydrogens is 310 g/mol. The molecular formula is C17H23N3O2S. The van der Waals surface area contributed by atoms with Crippen LogP contribution in [0.3, 0.4) is 0 Å². The summed E-state index contributed by atoms with van der Waals surface area (Å²) in [7, 11) is 1.97. The van der Waals surface area contributed by atoms with Gasteiger partial charge in [-0.3, -0.25) is 4.79 Å². The molecule has 1 fully saturated rings. The standard InChI is InChI=1S/C17H23N3O2S/c1-4-15-11(2)7-16(23-15)17(21)19-12-5-6-22-14(8-12)13-9-18-10-20(13)3/h7,9-10,12,14H,4-6,8H2,1-3H3,(H,19,21)/t12-,14-/m0/s1. The van der Waals surface area contributed by atoms with Crippen LogP contribution in [0.2, 0.25) is 0 Å². The van der Waals surface area contributed by atoms with Crippen molar-refractivity contribution in [1.29, 1.82) is 0 Å². The molecule has 0 bridgehead atoms. The number of imidazole rings is 1. The van der Waals surface area contributed by atoms with E-state index >= 15 is 0 Å². The minimum atomic E-state index is -0.00201. The zero-order chi connectivity index (χ0) is 16.4. The second-order valence-corrected chi connectivity index (χ2v) is 7.19. The van der Waals surface area contributed by atoms with Gasteiger partial charge in [0.05, 0.1) is 23.1 Å². The zero-order valence-electron chi connectivity index (χ0n) is 13.8. The Morgan fingerprint density at radius 2 is 2.39 bits per heavy atom. The molecule has 0 spiro atoms. The Morgan fingerprint density at radius 1 is 1.57 bits per heavy atom. The zero-order valence-corrected chi connectivity index (χ0v) is 14.7. The predicted molar refractivity (Wildman–Crippen MR) is 90.8 cm³/mol. The van der Waals surface area contributed by atoms with Crippen molar-refractivity contribution in [1.82, 2.24) is 14.9 Å². The van der Waals surface area contributed by atoms with E-state index in [1.165, 1.54) is 10.4 Å². The lowest BCUT2D eigenvalue weighted by Crippen LogP contribution is -2.39. The van der Waals surface area contributed by atoms with Crippen molar-refractivity contribution in [2.45, 2.75) is 45.3 Å². The molecule has 6 heteroatoms. The molecule has 3 heterocycles. The van der Waals surface area contributed by atoms with Crippen molar-refractivity contribution in [2.75, 3.05) is 6.61 Å². The Kier molecular flexibility index (Phi) is 4.82. The lowest BCUT2D eigenvalue weighted by molar-refractivity contribution is -0.00298. The number of carbonyl (C=O) groups excluding carboxylic acids is 1. The molecule has 5 nitrogen and oxygen atoms in total. The quantitative estimate of drug-likeness (QED) is 0.936. The summed E-state index contributed by atoms with van der Waals surface area (Å²) in [4.78, 5) is 18.7. The average Bonchev–Trinajstić information content (AvgIpc) is 3.13. The third-order valence-electron chi connectivity index (χ3n) is 4.37. The molecule has 1 N–H and O–H groups in total. The number of rotatable bonds is 4. The highest BCUT2D eigenvalue weighted by atomic mass is 32.1. The number of thiophene rings is 1. The fourth-order valence-electron chi connectivity index (χ4n) is 3.05. The fourth-order valence-corrected chi connectivity index (χ4v) is 4.07. The van der Waals surface area contributed by atoms with E-state index < -0.39 is 0 Å². The molecule has 23 heavy (non-hydrogen) atoms. The van der Waals surface area contributed by atoms with E-state index in [1.807, 2.05) is 23.9 Å². The largest absolute Gasteiger partial charge is 0.372 e. The Morgan fingerprint density at radius 3 is 3.04 bits per heavy atom. The van der Waals surface area contributed by atoms with Crippen LogP contribution < -0.4 is 5.32 Å².